The third-order valence-electron chi connectivity index (χ3n) is 4.05. The Bertz CT molecular complexity index is 776. The van der Waals surface area contributed by atoms with Crippen molar-refractivity contribution in [3.63, 3.8) is 0 Å². The Balaban J connectivity index is 1.72. The summed E-state index contributed by atoms with van der Waals surface area (Å²) in [7, 11) is 3.74. The first kappa shape index (κ1) is 21.6. The lowest BCUT2D eigenvalue weighted by molar-refractivity contribution is -0.114. The number of hydrogen-bond donors (Lipinski definition) is 2. The van der Waals surface area contributed by atoms with Crippen LogP contribution < -0.4 is 15.4 Å². The van der Waals surface area contributed by atoms with Crippen molar-refractivity contribution >= 4 is 29.2 Å². The first-order valence-electron chi connectivity index (χ1n) is 9.14. The summed E-state index contributed by atoms with van der Waals surface area (Å²) in [6, 6.07) is 15.2. The van der Waals surface area contributed by atoms with Crippen LogP contribution in [0.4, 0.5) is 5.69 Å². The quantitative estimate of drug-likeness (QED) is 0.524. The van der Waals surface area contributed by atoms with Gasteiger partial charge >= 0.3 is 0 Å². The molecule has 0 spiro atoms. The van der Waals surface area contributed by atoms with Crippen LogP contribution in [0.2, 0.25) is 5.02 Å². The Labute approximate surface area is 171 Å². The molecule has 1 amide bonds. The third kappa shape index (κ3) is 7.48. The largest absolute Gasteiger partial charge is 0.492 e. The highest BCUT2D eigenvalue weighted by atomic mass is 35.5. The maximum atomic E-state index is 11.1. The van der Waals surface area contributed by atoms with Gasteiger partial charge in [-0.15, -0.1) is 0 Å². The van der Waals surface area contributed by atoms with E-state index in [0.717, 1.165) is 30.4 Å². The second-order valence-electron chi connectivity index (χ2n) is 6.33. The summed E-state index contributed by atoms with van der Waals surface area (Å²) in [5.41, 5.74) is 1.99. The summed E-state index contributed by atoms with van der Waals surface area (Å²) in [6.45, 7) is 3.51. The van der Waals surface area contributed by atoms with Crippen molar-refractivity contribution in [1.29, 1.82) is 0 Å². The number of anilines is 1. The van der Waals surface area contributed by atoms with Crippen molar-refractivity contribution in [2.75, 3.05) is 39.1 Å². The molecule has 2 aromatic rings. The smallest absolute Gasteiger partial charge is 0.221 e. The molecule has 0 unspecified atom stereocenters. The van der Waals surface area contributed by atoms with E-state index in [1.165, 1.54) is 12.5 Å². The minimum absolute atomic E-state index is 0.0682. The number of nitrogens with one attached hydrogen (secondary N) is 2. The highest BCUT2D eigenvalue weighted by molar-refractivity contribution is 6.30. The zero-order valence-corrected chi connectivity index (χ0v) is 17.3. The van der Waals surface area contributed by atoms with Crippen LogP contribution in [0, 0.1) is 0 Å². The number of ether oxygens (including phenoxy) is 1. The number of hydrogen-bond acceptors (Lipinski definition) is 3. The van der Waals surface area contributed by atoms with E-state index in [4.69, 9.17) is 16.3 Å². The fourth-order valence-electron chi connectivity index (χ4n) is 2.60. The fraction of sp³-hybridized carbons (Fsp3) is 0.333. The molecule has 0 saturated heterocycles. The molecule has 0 bridgehead atoms. The number of carbonyl (C=O) groups excluding carboxylic acids is 1. The van der Waals surface area contributed by atoms with Crippen LogP contribution in [0.1, 0.15) is 12.5 Å². The number of amides is 1. The highest BCUT2D eigenvalue weighted by Gasteiger charge is 2.06. The van der Waals surface area contributed by atoms with Crippen molar-refractivity contribution in [1.82, 2.24) is 10.2 Å². The van der Waals surface area contributed by atoms with Gasteiger partial charge in [0.1, 0.15) is 12.4 Å². The number of benzene rings is 2. The monoisotopic (exact) mass is 402 g/mol. The number of aliphatic imine (C=N–C) groups is 1. The molecule has 0 aromatic heterocycles. The maximum absolute atomic E-state index is 11.1. The molecule has 0 aliphatic heterocycles. The molecule has 0 aliphatic rings. The van der Waals surface area contributed by atoms with Crippen LogP contribution in [0.25, 0.3) is 0 Å². The molecule has 0 radical (unpaired) electrons. The van der Waals surface area contributed by atoms with Gasteiger partial charge in [-0.05, 0) is 48.4 Å². The minimum atomic E-state index is -0.0682. The van der Waals surface area contributed by atoms with Crippen molar-refractivity contribution in [3.8, 4) is 5.75 Å². The third-order valence-corrected chi connectivity index (χ3v) is 4.31. The zero-order valence-electron chi connectivity index (χ0n) is 16.5. The zero-order chi connectivity index (χ0) is 20.4. The lowest BCUT2D eigenvalue weighted by Crippen LogP contribution is -2.41. The van der Waals surface area contributed by atoms with Crippen molar-refractivity contribution in [2.45, 2.75) is 13.3 Å². The molecule has 2 aromatic carbocycles. The average Bonchev–Trinajstić information content (AvgIpc) is 2.67. The summed E-state index contributed by atoms with van der Waals surface area (Å²) in [4.78, 5) is 17.4. The molecule has 0 heterocycles. The molecular formula is C21H27ClN4O2. The predicted molar refractivity (Wildman–Crippen MR) is 115 cm³/mol. The highest BCUT2D eigenvalue weighted by Crippen LogP contribution is 2.15. The van der Waals surface area contributed by atoms with Gasteiger partial charge in [-0.3, -0.25) is 9.79 Å². The summed E-state index contributed by atoms with van der Waals surface area (Å²) in [5, 5.41) is 6.81. The number of likely N-dealkylation sites (N-methyl/N-ethyl adjacent to an activating group) is 1. The van der Waals surface area contributed by atoms with Crippen molar-refractivity contribution < 1.29 is 9.53 Å². The molecule has 2 rings (SSSR count). The van der Waals surface area contributed by atoms with E-state index < -0.39 is 0 Å². The Morgan fingerprint density at radius 3 is 2.43 bits per heavy atom. The second-order valence-corrected chi connectivity index (χ2v) is 6.76. The first-order chi connectivity index (χ1) is 13.5. The van der Waals surface area contributed by atoms with E-state index in [0.29, 0.717) is 18.2 Å². The topological polar surface area (TPSA) is 66.0 Å². The van der Waals surface area contributed by atoms with Gasteiger partial charge in [0.25, 0.3) is 0 Å². The molecule has 0 atom stereocenters. The molecule has 0 aliphatic carbocycles. The van der Waals surface area contributed by atoms with Gasteiger partial charge < -0.3 is 20.3 Å². The van der Waals surface area contributed by atoms with E-state index in [1.54, 1.807) is 7.05 Å². The Kier molecular flexibility index (Phi) is 8.62. The van der Waals surface area contributed by atoms with Gasteiger partial charge in [0.05, 0.1) is 6.54 Å². The fourth-order valence-corrected chi connectivity index (χ4v) is 2.72. The normalized spacial score (nSPS) is 11.1. The van der Waals surface area contributed by atoms with Crippen LogP contribution in [0.5, 0.6) is 5.75 Å². The van der Waals surface area contributed by atoms with Crippen LogP contribution in [-0.2, 0) is 11.2 Å². The molecular weight excluding hydrogens is 376 g/mol. The molecule has 150 valence electrons. The standard InChI is InChI=1S/C21H27ClN4O2/c1-16(27)25-19-8-4-17(5-9-19)12-13-24-21(23-2)26(3)14-15-28-20-10-6-18(22)7-11-20/h4-11H,12-15H2,1-3H3,(H,23,24)(H,25,27). The number of halogens is 1. The minimum Gasteiger partial charge on any atom is -0.492 e. The Morgan fingerprint density at radius 2 is 1.82 bits per heavy atom. The number of nitrogens with zero attached hydrogens (tertiary/aromatic N) is 2. The van der Waals surface area contributed by atoms with Gasteiger partial charge in [0.2, 0.25) is 5.91 Å². The lowest BCUT2D eigenvalue weighted by atomic mass is 10.1. The predicted octanol–water partition coefficient (Wildman–Crippen LogP) is 3.43. The molecule has 0 saturated carbocycles. The van der Waals surface area contributed by atoms with Gasteiger partial charge in [0, 0.05) is 38.3 Å². The lowest BCUT2D eigenvalue weighted by Gasteiger charge is -2.22. The van der Waals surface area contributed by atoms with Gasteiger partial charge in [-0.2, -0.15) is 0 Å². The van der Waals surface area contributed by atoms with E-state index >= 15 is 0 Å². The van der Waals surface area contributed by atoms with E-state index in [1.807, 2.05) is 60.5 Å². The Hall–Kier alpha value is -2.73. The average molecular weight is 403 g/mol. The van der Waals surface area contributed by atoms with Crippen molar-refractivity contribution in [2.24, 2.45) is 4.99 Å². The van der Waals surface area contributed by atoms with E-state index in [-0.39, 0.29) is 5.91 Å². The van der Waals surface area contributed by atoms with E-state index in [9.17, 15) is 4.79 Å². The molecule has 6 nitrogen and oxygen atoms in total. The summed E-state index contributed by atoms with van der Waals surface area (Å²) >= 11 is 5.87. The summed E-state index contributed by atoms with van der Waals surface area (Å²) < 4.78 is 5.73. The summed E-state index contributed by atoms with van der Waals surface area (Å²) in [5.74, 6) is 1.54. The van der Waals surface area contributed by atoms with Gasteiger partial charge in [-0.25, -0.2) is 0 Å². The molecule has 7 heteroatoms. The second kappa shape index (κ2) is 11.2. The summed E-state index contributed by atoms with van der Waals surface area (Å²) in [6.07, 6.45) is 0.856. The van der Waals surface area contributed by atoms with Crippen LogP contribution >= 0.6 is 11.6 Å². The SMILES string of the molecule is CN=C(NCCc1ccc(NC(C)=O)cc1)N(C)CCOc1ccc(Cl)cc1. The first-order valence-corrected chi connectivity index (χ1v) is 9.52. The number of carbonyl (C=O) groups is 1. The number of rotatable bonds is 8. The maximum Gasteiger partial charge on any atom is 0.221 e. The van der Waals surface area contributed by atoms with Crippen LogP contribution in [0.3, 0.4) is 0 Å². The number of guanidine groups is 1. The van der Waals surface area contributed by atoms with Gasteiger partial charge in [0.15, 0.2) is 5.96 Å². The molecule has 2 N–H and O–H groups in total. The van der Waals surface area contributed by atoms with Crippen LogP contribution in [-0.4, -0.2) is 50.6 Å². The van der Waals surface area contributed by atoms with Crippen LogP contribution in [0.15, 0.2) is 53.5 Å². The van der Waals surface area contributed by atoms with Crippen molar-refractivity contribution in [3.05, 3.63) is 59.1 Å². The van der Waals surface area contributed by atoms with E-state index in [2.05, 4.69) is 15.6 Å². The molecule has 28 heavy (non-hydrogen) atoms. The Morgan fingerprint density at radius 1 is 1.14 bits per heavy atom. The molecule has 0 fully saturated rings. The van der Waals surface area contributed by atoms with Gasteiger partial charge in [-0.1, -0.05) is 23.7 Å².